The Bertz CT molecular complexity index is 744. The van der Waals surface area contributed by atoms with Crippen LogP contribution in [0.3, 0.4) is 0 Å². The summed E-state index contributed by atoms with van der Waals surface area (Å²) in [7, 11) is -3.53. The van der Waals surface area contributed by atoms with Gasteiger partial charge < -0.3 is 9.30 Å². The molecule has 7 nitrogen and oxygen atoms in total. The number of hydrogen-bond acceptors (Lipinski definition) is 5. The van der Waals surface area contributed by atoms with E-state index < -0.39 is 10.0 Å². The van der Waals surface area contributed by atoms with Crippen LogP contribution in [0, 0.1) is 0 Å². The average Bonchev–Trinajstić information content (AvgIpc) is 3.10. The fourth-order valence-corrected chi connectivity index (χ4v) is 4.39. The van der Waals surface area contributed by atoms with E-state index in [4.69, 9.17) is 4.74 Å². The predicted molar refractivity (Wildman–Crippen MR) is 89.2 cm³/mol. The van der Waals surface area contributed by atoms with Crippen molar-refractivity contribution in [3.05, 3.63) is 36.9 Å². The molecule has 1 aromatic carbocycles. The first-order valence-corrected chi connectivity index (χ1v) is 9.66. The minimum Gasteiger partial charge on any atom is -0.494 e. The third-order valence-electron chi connectivity index (χ3n) is 4.27. The van der Waals surface area contributed by atoms with Crippen LogP contribution in [0.25, 0.3) is 0 Å². The van der Waals surface area contributed by atoms with E-state index in [1.54, 1.807) is 36.9 Å². The highest BCUT2D eigenvalue weighted by Gasteiger charge is 2.27. The van der Waals surface area contributed by atoms with E-state index in [9.17, 15) is 8.42 Å². The van der Waals surface area contributed by atoms with Gasteiger partial charge in [-0.3, -0.25) is 0 Å². The fraction of sp³-hybridized carbons (Fsp3) is 0.500. The second-order valence-electron chi connectivity index (χ2n) is 5.95. The van der Waals surface area contributed by atoms with Gasteiger partial charge in [-0.05, 0) is 56.9 Å². The Morgan fingerprint density at radius 3 is 2.58 bits per heavy atom. The zero-order valence-electron chi connectivity index (χ0n) is 13.6. The summed E-state index contributed by atoms with van der Waals surface area (Å²) in [5, 5.41) is 7.66. The third-order valence-corrected chi connectivity index (χ3v) is 5.81. The minimum atomic E-state index is -3.53. The van der Waals surface area contributed by atoms with Crippen molar-refractivity contribution in [1.82, 2.24) is 19.5 Å². The Kier molecular flexibility index (Phi) is 5.15. The zero-order chi connectivity index (χ0) is 17.0. The first-order chi connectivity index (χ1) is 11.6. The number of benzene rings is 1. The molecule has 1 N–H and O–H groups in total. The number of rotatable bonds is 6. The molecule has 1 heterocycles. The van der Waals surface area contributed by atoms with Crippen molar-refractivity contribution in [3.63, 3.8) is 0 Å². The van der Waals surface area contributed by atoms with E-state index in [1.165, 1.54) is 0 Å². The molecule has 1 saturated carbocycles. The molecular formula is C16H22N4O3S. The SMILES string of the molecule is CCOc1ccc(S(=O)(=O)N[C@H]2CCCC(n3cnnc3)C2)cc1. The molecular weight excluding hydrogens is 328 g/mol. The van der Waals surface area contributed by atoms with Crippen LogP contribution in [0.2, 0.25) is 0 Å². The summed E-state index contributed by atoms with van der Waals surface area (Å²) < 4.78 is 35.3. The second kappa shape index (κ2) is 7.31. The fourth-order valence-electron chi connectivity index (χ4n) is 3.11. The van der Waals surface area contributed by atoms with Gasteiger partial charge in [0.2, 0.25) is 10.0 Å². The first kappa shape index (κ1) is 16.9. The monoisotopic (exact) mass is 350 g/mol. The summed E-state index contributed by atoms with van der Waals surface area (Å²) in [5.74, 6) is 0.668. The maximum Gasteiger partial charge on any atom is 0.240 e. The van der Waals surface area contributed by atoms with Crippen LogP contribution in [0.4, 0.5) is 0 Å². The molecule has 0 amide bonds. The van der Waals surface area contributed by atoms with E-state index in [0.29, 0.717) is 12.4 Å². The standard InChI is InChI=1S/C16H22N4O3S/c1-2-23-15-6-8-16(9-7-15)24(21,22)19-13-4-3-5-14(10-13)20-11-17-18-12-20/h6-9,11-14,19H,2-5,10H2,1H3/t13-,14?/m0/s1. The van der Waals surface area contributed by atoms with Crippen molar-refractivity contribution < 1.29 is 13.2 Å². The van der Waals surface area contributed by atoms with Gasteiger partial charge in [0.1, 0.15) is 18.4 Å². The average molecular weight is 350 g/mol. The lowest BCUT2D eigenvalue weighted by Crippen LogP contribution is -2.38. The van der Waals surface area contributed by atoms with E-state index in [0.717, 1.165) is 25.7 Å². The molecule has 1 fully saturated rings. The quantitative estimate of drug-likeness (QED) is 0.862. The molecule has 8 heteroatoms. The molecule has 0 bridgehead atoms. The lowest BCUT2D eigenvalue weighted by Gasteiger charge is -2.30. The predicted octanol–water partition coefficient (Wildman–Crippen LogP) is 2.14. The summed E-state index contributed by atoms with van der Waals surface area (Å²) in [6.07, 6.45) is 6.95. The van der Waals surface area contributed by atoms with Crippen LogP contribution in [0.1, 0.15) is 38.6 Å². The van der Waals surface area contributed by atoms with Gasteiger partial charge in [-0.1, -0.05) is 0 Å². The Hall–Kier alpha value is -1.93. The van der Waals surface area contributed by atoms with E-state index >= 15 is 0 Å². The van der Waals surface area contributed by atoms with Gasteiger partial charge in [-0.15, -0.1) is 10.2 Å². The van der Waals surface area contributed by atoms with Gasteiger partial charge in [0.05, 0.1) is 11.5 Å². The maximum atomic E-state index is 12.6. The van der Waals surface area contributed by atoms with Gasteiger partial charge in [-0.25, -0.2) is 13.1 Å². The topological polar surface area (TPSA) is 86.1 Å². The van der Waals surface area contributed by atoms with E-state index in [1.807, 2.05) is 11.5 Å². The van der Waals surface area contributed by atoms with Gasteiger partial charge >= 0.3 is 0 Å². The molecule has 1 aliphatic rings. The molecule has 24 heavy (non-hydrogen) atoms. The molecule has 1 aromatic heterocycles. The molecule has 0 aliphatic heterocycles. The number of nitrogens with one attached hydrogen (secondary N) is 1. The Balaban J connectivity index is 1.67. The van der Waals surface area contributed by atoms with Crippen LogP contribution in [-0.2, 0) is 10.0 Å². The maximum absolute atomic E-state index is 12.6. The molecule has 0 saturated heterocycles. The molecule has 130 valence electrons. The van der Waals surface area contributed by atoms with E-state index in [2.05, 4.69) is 14.9 Å². The highest BCUT2D eigenvalue weighted by Crippen LogP contribution is 2.29. The van der Waals surface area contributed by atoms with Crippen molar-refractivity contribution in [1.29, 1.82) is 0 Å². The van der Waals surface area contributed by atoms with Gasteiger partial charge in [-0.2, -0.15) is 0 Å². The first-order valence-electron chi connectivity index (χ1n) is 8.18. The largest absolute Gasteiger partial charge is 0.494 e. The molecule has 1 unspecified atom stereocenters. The highest BCUT2D eigenvalue weighted by atomic mass is 32.2. The van der Waals surface area contributed by atoms with Crippen LogP contribution >= 0.6 is 0 Å². The molecule has 2 atom stereocenters. The van der Waals surface area contributed by atoms with Crippen molar-refractivity contribution in [3.8, 4) is 5.75 Å². The lowest BCUT2D eigenvalue weighted by atomic mass is 9.91. The van der Waals surface area contributed by atoms with Crippen LogP contribution in [-0.4, -0.2) is 35.8 Å². The van der Waals surface area contributed by atoms with Gasteiger partial charge in [0.25, 0.3) is 0 Å². The van der Waals surface area contributed by atoms with Crippen molar-refractivity contribution >= 4 is 10.0 Å². The molecule has 3 rings (SSSR count). The Labute approximate surface area is 142 Å². The molecule has 1 aliphatic carbocycles. The number of nitrogens with zero attached hydrogens (tertiary/aromatic N) is 3. The third kappa shape index (κ3) is 3.93. The minimum absolute atomic E-state index is 0.0808. The van der Waals surface area contributed by atoms with Gasteiger partial charge in [0, 0.05) is 12.1 Å². The summed E-state index contributed by atoms with van der Waals surface area (Å²) in [4.78, 5) is 0.261. The lowest BCUT2D eigenvalue weighted by molar-refractivity contribution is 0.305. The zero-order valence-corrected chi connectivity index (χ0v) is 14.4. The number of hydrogen-bond donors (Lipinski definition) is 1. The van der Waals surface area contributed by atoms with Crippen LogP contribution < -0.4 is 9.46 Å². The number of ether oxygens (including phenoxy) is 1. The Morgan fingerprint density at radius 2 is 1.92 bits per heavy atom. The summed E-state index contributed by atoms with van der Waals surface area (Å²) in [5.41, 5.74) is 0. The van der Waals surface area contributed by atoms with Crippen molar-refractivity contribution in [2.24, 2.45) is 0 Å². The number of sulfonamides is 1. The van der Waals surface area contributed by atoms with Crippen molar-refractivity contribution in [2.45, 2.75) is 49.6 Å². The summed E-state index contributed by atoms with van der Waals surface area (Å²) in [6.45, 7) is 2.44. The normalized spacial score (nSPS) is 21.5. The molecule has 0 spiro atoms. The molecule has 2 aromatic rings. The summed E-state index contributed by atoms with van der Waals surface area (Å²) >= 11 is 0. The van der Waals surface area contributed by atoms with Crippen molar-refractivity contribution in [2.75, 3.05) is 6.61 Å². The van der Waals surface area contributed by atoms with Crippen LogP contribution in [0.5, 0.6) is 5.75 Å². The molecule has 0 radical (unpaired) electrons. The van der Waals surface area contributed by atoms with E-state index in [-0.39, 0.29) is 17.0 Å². The second-order valence-corrected chi connectivity index (χ2v) is 7.67. The van der Waals surface area contributed by atoms with Gasteiger partial charge in [0.15, 0.2) is 0 Å². The highest BCUT2D eigenvalue weighted by molar-refractivity contribution is 7.89. The Morgan fingerprint density at radius 1 is 1.21 bits per heavy atom. The van der Waals surface area contributed by atoms with Crippen LogP contribution in [0.15, 0.2) is 41.8 Å². The smallest absolute Gasteiger partial charge is 0.240 e. The number of aromatic nitrogens is 3. The summed E-state index contributed by atoms with van der Waals surface area (Å²) in [6, 6.07) is 6.67.